The molecular weight excluding hydrogens is 333 g/mol. The standard InChI is InChI=1S/C20H24FN3O2/c1-2-3-13-22-20(26)24-18(25)14-23-19(15-7-5-4-6-8-15)16-9-11-17(21)12-10-16/h4-12,19,23H,2-3,13-14H2,1H3,(H2,22,24,25,26). The maximum Gasteiger partial charge on any atom is 0.321 e. The molecular formula is C20H24FN3O2. The summed E-state index contributed by atoms with van der Waals surface area (Å²) >= 11 is 0. The predicted molar refractivity (Wildman–Crippen MR) is 99.1 cm³/mol. The number of hydrogen-bond acceptors (Lipinski definition) is 3. The lowest BCUT2D eigenvalue weighted by Gasteiger charge is -2.19. The molecule has 0 spiro atoms. The zero-order chi connectivity index (χ0) is 18.8. The van der Waals surface area contributed by atoms with Crippen LogP contribution in [0.1, 0.15) is 36.9 Å². The fourth-order valence-corrected chi connectivity index (χ4v) is 2.52. The number of imide groups is 1. The molecule has 138 valence electrons. The number of benzene rings is 2. The van der Waals surface area contributed by atoms with Crippen molar-refractivity contribution in [2.45, 2.75) is 25.8 Å². The molecule has 0 aromatic heterocycles. The van der Waals surface area contributed by atoms with Gasteiger partial charge in [-0.05, 0) is 29.7 Å². The van der Waals surface area contributed by atoms with Gasteiger partial charge in [0.15, 0.2) is 0 Å². The fraction of sp³-hybridized carbons (Fsp3) is 0.300. The Hall–Kier alpha value is -2.73. The van der Waals surface area contributed by atoms with Crippen LogP contribution in [0.25, 0.3) is 0 Å². The number of carbonyl (C=O) groups excluding carboxylic acids is 2. The maximum absolute atomic E-state index is 13.2. The Morgan fingerprint density at radius 1 is 1.00 bits per heavy atom. The molecule has 0 radical (unpaired) electrons. The smallest absolute Gasteiger partial charge is 0.321 e. The van der Waals surface area contributed by atoms with Gasteiger partial charge in [-0.1, -0.05) is 55.8 Å². The second-order valence-corrected chi connectivity index (χ2v) is 5.93. The van der Waals surface area contributed by atoms with Crippen molar-refractivity contribution in [3.8, 4) is 0 Å². The van der Waals surface area contributed by atoms with E-state index < -0.39 is 11.9 Å². The fourth-order valence-electron chi connectivity index (χ4n) is 2.52. The van der Waals surface area contributed by atoms with Crippen molar-refractivity contribution in [2.75, 3.05) is 13.1 Å². The Morgan fingerprint density at radius 3 is 2.31 bits per heavy atom. The third-order valence-electron chi connectivity index (χ3n) is 3.87. The molecule has 0 fully saturated rings. The lowest BCUT2D eigenvalue weighted by Crippen LogP contribution is -2.44. The minimum Gasteiger partial charge on any atom is -0.338 e. The SMILES string of the molecule is CCCCNC(=O)NC(=O)CNC(c1ccccc1)c1ccc(F)cc1. The highest BCUT2D eigenvalue weighted by molar-refractivity contribution is 5.95. The van der Waals surface area contributed by atoms with E-state index in [0.29, 0.717) is 6.54 Å². The Labute approximate surface area is 153 Å². The molecule has 3 amide bonds. The highest BCUT2D eigenvalue weighted by atomic mass is 19.1. The zero-order valence-corrected chi connectivity index (χ0v) is 14.8. The van der Waals surface area contributed by atoms with Gasteiger partial charge in [0.05, 0.1) is 12.6 Å². The quantitative estimate of drug-likeness (QED) is 0.636. The van der Waals surface area contributed by atoms with E-state index in [1.807, 2.05) is 37.3 Å². The molecule has 0 saturated carbocycles. The number of nitrogens with one attached hydrogen (secondary N) is 3. The summed E-state index contributed by atoms with van der Waals surface area (Å²) in [5.41, 5.74) is 1.78. The summed E-state index contributed by atoms with van der Waals surface area (Å²) in [6, 6.07) is 14.9. The maximum atomic E-state index is 13.2. The van der Waals surface area contributed by atoms with Crippen molar-refractivity contribution in [3.63, 3.8) is 0 Å². The van der Waals surface area contributed by atoms with E-state index in [1.165, 1.54) is 12.1 Å². The van der Waals surface area contributed by atoms with E-state index in [4.69, 9.17) is 0 Å². The van der Waals surface area contributed by atoms with Crippen molar-refractivity contribution < 1.29 is 14.0 Å². The summed E-state index contributed by atoms with van der Waals surface area (Å²) < 4.78 is 13.2. The molecule has 6 heteroatoms. The van der Waals surface area contributed by atoms with Gasteiger partial charge in [0.2, 0.25) is 5.91 Å². The van der Waals surface area contributed by atoms with Gasteiger partial charge in [-0.25, -0.2) is 9.18 Å². The van der Waals surface area contributed by atoms with Crippen molar-refractivity contribution in [1.82, 2.24) is 16.0 Å². The first-order valence-corrected chi connectivity index (χ1v) is 8.71. The number of amides is 3. The van der Waals surface area contributed by atoms with Crippen molar-refractivity contribution in [1.29, 1.82) is 0 Å². The zero-order valence-electron chi connectivity index (χ0n) is 14.8. The van der Waals surface area contributed by atoms with E-state index in [9.17, 15) is 14.0 Å². The third-order valence-corrected chi connectivity index (χ3v) is 3.87. The molecule has 0 heterocycles. The summed E-state index contributed by atoms with van der Waals surface area (Å²) in [5, 5.41) is 8.06. The minimum atomic E-state index is -0.497. The van der Waals surface area contributed by atoms with Gasteiger partial charge in [0, 0.05) is 6.54 Å². The summed E-state index contributed by atoms with van der Waals surface area (Å²) in [5.74, 6) is -0.746. The molecule has 1 unspecified atom stereocenters. The van der Waals surface area contributed by atoms with E-state index in [1.54, 1.807) is 12.1 Å². The molecule has 0 aliphatic heterocycles. The second kappa shape index (κ2) is 10.3. The van der Waals surface area contributed by atoms with Crippen LogP contribution in [0.5, 0.6) is 0 Å². The first-order chi connectivity index (χ1) is 12.6. The second-order valence-electron chi connectivity index (χ2n) is 5.93. The van der Waals surface area contributed by atoms with Gasteiger partial charge < -0.3 is 5.32 Å². The summed E-state index contributed by atoms with van der Waals surface area (Å²) in [6.45, 7) is 2.51. The molecule has 0 saturated heterocycles. The molecule has 2 aromatic carbocycles. The van der Waals surface area contributed by atoms with Gasteiger partial charge in [0.1, 0.15) is 5.82 Å². The van der Waals surface area contributed by atoms with Crippen LogP contribution >= 0.6 is 0 Å². The highest BCUT2D eigenvalue weighted by Gasteiger charge is 2.16. The molecule has 26 heavy (non-hydrogen) atoms. The van der Waals surface area contributed by atoms with E-state index in [0.717, 1.165) is 24.0 Å². The van der Waals surface area contributed by atoms with Gasteiger partial charge in [-0.2, -0.15) is 0 Å². The van der Waals surface area contributed by atoms with Gasteiger partial charge in [-0.3, -0.25) is 15.4 Å². The third kappa shape index (κ3) is 6.29. The Balaban J connectivity index is 1.98. The van der Waals surface area contributed by atoms with Crippen LogP contribution < -0.4 is 16.0 Å². The van der Waals surface area contributed by atoms with Gasteiger partial charge in [-0.15, -0.1) is 0 Å². The van der Waals surface area contributed by atoms with E-state index in [2.05, 4.69) is 16.0 Å². The molecule has 1 atom stereocenters. The van der Waals surface area contributed by atoms with Crippen molar-refractivity contribution in [3.05, 3.63) is 71.5 Å². The van der Waals surface area contributed by atoms with Crippen LogP contribution in [0, 0.1) is 5.82 Å². The van der Waals surface area contributed by atoms with Crippen LogP contribution in [0.4, 0.5) is 9.18 Å². The van der Waals surface area contributed by atoms with Crippen molar-refractivity contribution in [2.24, 2.45) is 0 Å². The van der Waals surface area contributed by atoms with E-state index >= 15 is 0 Å². The van der Waals surface area contributed by atoms with Crippen molar-refractivity contribution >= 4 is 11.9 Å². The largest absolute Gasteiger partial charge is 0.338 e. The number of rotatable bonds is 8. The Bertz CT molecular complexity index is 705. The predicted octanol–water partition coefficient (Wildman–Crippen LogP) is 3.13. The minimum absolute atomic E-state index is 0.0435. The van der Waals surface area contributed by atoms with Gasteiger partial charge in [0.25, 0.3) is 0 Å². The van der Waals surface area contributed by atoms with Crippen LogP contribution in [0.15, 0.2) is 54.6 Å². The number of unbranched alkanes of at least 4 members (excludes halogenated alkanes) is 1. The lowest BCUT2D eigenvalue weighted by molar-refractivity contribution is -0.119. The normalized spacial score (nSPS) is 11.6. The van der Waals surface area contributed by atoms with Crippen LogP contribution in [0.2, 0.25) is 0 Å². The number of hydrogen-bond donors (Lipinski definition) is 3. The summed E-state index contributed by atoms with van der Waals surface area (Å²) in [6.07, 6.45) is 1.83. The summed E-state index contributed by atoms with van der Waals surface area (Å²) in [7, 11) is 0. The van der Waals surface area contributed by atoms with E-state index in [-0.39, 0.29) is 18.4 Å². The Morgan fingerprint density at radius 2 is 1.65 bits per heavy atom. The molecule has 0 bridgehead atoms. The van der Waals surface area contributed by atoms with Crippen LogP contribution in [-0.2, 0) is 4.79 Å². The molecule has 5 nitrogen and oxygen atoms in total. The average molecular weight is 357 g/mol. The van der Waals surface area contributed by atoms with Gasteiger partial charge >= 0.3 is 6.03 Å². The number of carbonyl (C=O) groups is 2. The number of urea groups is 1. The summed E-state index contributed by atoms with van der Waals surface area (Å²) in [4.78, 5) is 23.7. The molecule has 3 N–H and O–H groups in total. The number of halogens is 1. The molecule has 0 aliphatic rings. The first-order valence-electron chi connectivity index (χ1n) is 8.71. The topological polar surface area (TPSA) is 70.2 Å². The lowest BCUT2D eigenvalue weighted by atomic mass is 9.98. The molecule has 2 aromatic rings. The highest BCUT2D eigenvalue weighted by Crippen LogP contribution is 2.21. The van der Waals surface area contributed by atoms with Crippen LogP contribution in [0.3, 0.4) is 0 Å². The van der Waals surface area contributed by atoms with Crippen LogP contribution in [-0.4, -0.2) is 25.0 Å². The monoisotopic (exact) mass is 357 g/mol. The Kier molecular flexibility index (Phi) is 7.76. The average Bonchev–Trinajstić information content (AvgIpc) is 2.64. The first kappa shape index (κ1) is 19.6. The molecule has 0 aliphatic carbocycles. The molecule has 2 rings (SSSR count).